The van der Waals surface area contributed by atoms with Crippen molar-refractivity contribution in [3.05, 3.63) is 47.2 Å². The van der Waals surface area contributed by atoms with Gasteiger partial charge in [-0.15, -0.1) is 0 Å². The van der Waals surface area contributed by atoms with Gasteiger partial charge >= 0.3 is 0 Å². The number of rotatable bonds is 6. The van der Waals surface area contributed by atoms with Crippen molar-refractivity contribution in [1.29, 1.82) is 0 Å². The SMILES string of the molecule is COc1cc(NC(=O)[C@H]2CCCN(S(=O)(=O)c3ccc(F)cc3)C2)c(OC)cc1Cl. The molecule has 2 aromatic rings. The van der Waals surface area contributed by atoms with Crippen molar-refractivity contribution in [2.45, 2.75) is 17.7 Å². The Hall–Kier alpha value is -2.36. The Bertz CT molecular complexity index is 1030. The quantitative estimate of drug-likeness (QED) is 0.718. The van der Waals surface area contributed by atoms with Crippen LogP contribution in [0.1, 0.15) is 12.8 Å². The van der Waals surface area contributed by atoms with Crippen LogP contribution in [0.5, 0.6) is 11.5 Å². The second-order valence-corrected chi connectivity index (χ2v) is 9.18. The number of carbonyl (C=O) groups is 1. The van der Waals surface area contributed by atoms with Crippen molar-refractivity contribution in [1.82, 2.24) is 4.31 Å². The third-order valence-electron chi connectivity index (χ3n) is 4.94. The molecule has 1 atom stereocenters. The number of sulfonamides is 1. The first-order valence-corrected chi connectivity index (χ1v) is 11.1. The van der Waals surface area contributed by atoms with E-state index in [9.17, 15) is 17.6 Å². The zero-order valence-corrected chi connectivity index (χ0v) is 18.1. The summed E-state index contributed by atoms with van der Waals surface area (Å²) >= 11 is 6.09. The summed E-state index contributed by atoms with van der Waals surface area (Å²) in [5.41, 5.74) is 0.377. The molecule has 1 heterocycles. The number of hydrogen-bond donors (Lipinski definition) is 1. The summed E-state index contributed by atoms with van der Waals surface area (Å²) in [4.78, 5) is 12.9. The highest BCUT2D eigenvalue weighted by Crippen LogP contribution is 2.36. The Balaban J connectivity index is 1.77. The topological polar surface area (TPSA) is 84.9 Å². The summed E-state index contributed by atoms with van der Waals surface area (Å²) in [5.74, 6) is -0.674. The molecule has 2 aromatic carbocycles. The lowest BCUT2D eigenvalue weighted by molar-refractivity contribution is -0.120. The van der Waals surface area contributed by atoms with Gasteiger partial charge in [-0.2, -0.15) is 4.31 Å². The highest BCUT2D eigenvalue weighted by molar-refractivity contribution is 7.89. The molecule has 30 heavy (non-hydrogen) atoms. The average Bonchev–Trinajstić information content (AvgIpc) is 2.75. The molecule has 0 saturated carbocycles. The van der Waals surface area contributed by atoms with Crippen molar-refractivity contribution < 1.29 is 27.1 Å². The normalized spacial score (nSPS) is 17.4. The Labute approximate surface area is 179 Å². The van der Waals surface area contributed by atoms with Gasteiger partial charge in [0.1, 0.15) is 17.3 Å². The third-order valence-corrected chi connectivity index (χ3v) is 7.11. The summed E-state index contributed by atoms with van der Waals surface area (Å²) in [7, 11) is -0.916. The number of halogens is 2. The number of nitrogens with one attached hydrogen (secondary N) is 1. The molecule has 1 fully saturated rings. The number of hydrogen-bond acceptors (Lipinski definition) is 5. The molecule has 1 amide bonds. The first kappa shape index (κ1) is 22.3. The molecule has 0 aromatic heterocycles. The molecule has 3 rings (SSSR count). The molecular formula is C20H22ClFN2O5S. The zero-order valence-electron chi connectivity index (χ0n) is 16.5. The van der Waals surface area contributed by atoms with Gasteiger partial charge in [-0.3, -0.25) is 4.79 Å². The summed E-state index contributed by atoms with van der Waals surface area (Å²) in [6, 6.07) is 7.72. The van der Waals surface area contributed by atoms with Crippen LogP contribution in [-0.2, 0) is 14.8 Å². The molecule has 0 aliphatic carbocycles. The molecule has 1 N–H and O–H groups in total. The molecule has 1 aliphatic rings. The van der Waals surface area contributed by atoms with E-state index in [1.54, 1.807) is 6.07 Å². The average molecular weight is 457 g/mol. The molecule has 1 aliphatic heterocycles. The van der Waals surface area contributed by atoms with E-state index in [0.717, 1.165) is 12.1 Å². The van der Waals surface area contributed by atoms with E-state index in [1.807, 2.05) is 0 Å². The van der Waals surface area contributed by atoms with Crippen LogP contribution < -0.4 is 14.8 Å². The van der Waals surface area contributed by atoms with Gasteiger partial charge in [-0.25, -0.2) is 12.8 Å². The first-order chi connectivity index (χ1) is 14.3. The number of ether oxygens (including phenoxy) is 2. The minimum absolute atomic E-state index is 0.00550. The van der Waals surface area contributed by atoms with Crippen molar-refractivity contribution >= 4 is 33.2 Å². The van der Waals surface area contributed by atoms with Crippen LogP contribution in [0, 0.1) is 11.7 Å². The summed E-state index contributed by atoms with van der Waals surface area (Å²) < 4.78 is 50.6. The van der Waals surface area contributed by atoms with E-state index in [1.165, 1.54) is 36.7 Å². The van der Waals surface area contributed by atoms with E-state index in [2.05, 4.69) is 5.32 Å². The van der Waals surface area contributed by atoms with E-state index >= 15 is 0 Å². The lowest BCUT2D eigenvalue weighted by atomic mass is 9.98. The number of benzene rings is 2. The summed E-state index contributed by atoms with van der Waals surface area (Å²) in [5, 5.41) is 3.11. The predicted molar refractivity (Wildman–Crippen MR) is 111 cm³/mol. The fraction of sp³-hybridized carbons (Fsp3) is 0.350. The second kappa shape index (κ2) is 9.20. The van der Waals surface area contributed by atoms with Gasteiger partial charge in [0.05, 0.1) is 35.7 Å². The standard InChI is InChI=1S/C20H22ClFN2O5S/c1-28-18-11-17(19(29-2)10-16(18)21)23-20(25)13-4-3-9-24(12-13)30(26,27)15-7-5-14(22)6-8-15/h5-8,10-11,13H,3-4,9,12H2,1-2H3,(H,23,25)/t13-/m0/s1. The monoisotopic (exact) mass is 456 g/mol. The maximum atomic E-state index is 13.1. The molecule has 10 heteroatoms. The van der Waals surface area contributed by atoms with Gasteiger partial charge in [-0.05, 0) is 37.1 Å². The fourth-order valence-corrected chi connectivity index (χ4v) is 5.08. The van der Waals surface area contributed by atoms with Gasteiger partial charge in [-0.1, -0.05) is 11.6 Å². The van der Waals surface area contributed by atoms with Crippen LogP contribution in [0.15, 0.2) is 41.3 Å². The Kier molecular flexibility index (Phi) is 6.84. The van der Waals surface area contributed by atoms with Crippen molar-refractivity contribution in [2.24, 2.45) is 5.92 Å². The number of anilines is 1. The number of piperidine rings is 1. The minimum Gasteiger partial charge on any atom is -0.495 e. The summed E-state index contributed by atoms with van der Waals surface area (Å²) in [6.07, 6.45) is 1.06. The largest absolute Gasteiger partial charge is 0.495 e. The number of amides is 1. The zero-order chi connectivity index (χ0) is 21.9. The van der Waals surface area contributed by atoms with E-state index in [0.29, 0.717) is 41.6 Å². The highest BCUT2D eigenvalue weighted by atomic mass is 35.5. The molecule has 7 nitrogen and oxygen atoms in total. The lowest BCUT2D eigenvalue weighted by Crippen LogP contribution is -2.43. The summed E-state index contributed by atoms with van der Waals surface area (Å²) in [6.45, 7) is 0.320. The van der Waals surface area contributed by atoms with E-state index in [-0.39, 0.29) is 17.3 Å². The third kappa shape index (κ3) is 4.69. The predicted octanol–water partition coefficient (Wildman–Crippen LogP) is 3.54. The first-order valence-electron chi connectivity index (χ1n) is 9.24. The van der Waals surface area contributed by atoms with E-state index < -0.39 is 21.8 Å². The maximum Gasteiger partial charge on any atom is 0.243 e. The van der Waals surface area contributed by atoms with Gasteiger partial charge in [0, 0.05) is 25.2 Å². The lowest BCUT2D eigenvalue weighted by Gasteiger charge is -2.31. The van der Waals surface area contributed by atoms with E-state index in [4.69, 9.17) is 21.1 Å². The van der Waals surface area contributed by atoms with Crippen LogP contribution >= 0.6 is 11.6 Å². The number of carbonyl (C=O) groups excluding carboxylic acids is 1. The maximum absolute atomic E-state index is 13.1. The minimum atomic E-state index is -3.82. The Morgan fingerprint density at radius 1 is 1.17 bits per heavy atom. The second-order valence-electron chi connectivity index (χ2n) is 6.83. The molecule has 0 bridgehead atoms. The van der Waals surface area contributed by atoms with Crippen molar-refractivity contribution in [2.75, 3.05) is 32.6 Å². The highest BCUT2D eigenvalue weighted by Gasteiger charge is 2.33. The molecule has 0 unspecified atom stereocenters. The van der Waals surface area contributed by atoms with Crippen LogP contribution in [0.3, 0.4) is 0 Å². The van der Waals surface area contributed by atoms with Gasteiger partial charge < -0.3 is 14.8 Å². The van der Waals surface area contributed by atoms with Crippen LogP contribution in [0.2, 0.25) is 5.02 Å². The van der Waals surface area contributed by atoms with Gasteiger partial charge in [0.25, 0.3) is 0 Å². The molecule has 0 radical (unpaired) electrons. The molecule has 162 valence electrons. The van der Waals surface area contributed by atoms with Crippen LogP contribution in [-0.4, -0.2) is 45.9 Å². The number of nitrogens with zero attached hydrogens (tertiary/aromatic N) is 1. The van der Waals surface area contributed by atoms with Gasteiger partial charge in [0.2, 0.25) is 15.9 Å². The van der Waals surface area contributed by atoms with Crippen LogP contribution in [0.25, 0.3) is 0 Å². The number of methoxy groups -OCH3 is 2. The fourth-order valence-electron chi connectivity index (χ4n) is 3.32. The van der Waals surface area contributed by atoms with Crippen molar-refractivity contribution in [3.8, 4) is 11.5 Å². The van der Waals surface area contributed by atoms with Gasteiger partial charge in [0.15, 0.2) is 0 Å². The Morgan fingerprint density at radius 2 is 1.83 bits per heavy atom. The smallest absolute Gasteiger partial charge is 0.243 e. The molecule has 1 saturated heterocycles. The van der Waals surface area contributed by atoms with Crippen LogP contribution in [0.4, 0.5) is 10.1 Å². The Morgan fingerprint density at radius 3 is 2.47 bits per heavy atom. The van der Waals surface area contributed by atoms with Crippen molar-refractivity contribution in [3.63, 3.8) is 0 Å². The molecular weight excluding hydrogens is 435 g/mol. The molecule has 0 spiro atoms.